The van der Waals surface area contributed by atoms with E-state index in [1.807, 2.05) is 31.1 Å². The standard InChI is InChI=1S/C20H26N4OS/c1-15-18(16(2)22-20(21-15)26-3)9-10-19(25)24-13-11-23(12-14-24)17-7-5-4-6-8-17/h4-8H,9-14H2,1-3H3. The number of benzene rings is 1. The fourth-order valence-electron chi connectivity index (χ4n) is 3.40. The monoisotopic (exact) mass is 370 g/mol. The molecule has 3 rings (SSSR count). The molecule has 0 spiro atoms. The van der Waals surface area contributed by atoms with E-state index in [0.717, 1.165) is 48.3 Å². The van der Waals surface area contributed by atoms with E-state index in [4.69, 9.17) is 0 Å². The number of nitrogens with zero attached hydrogens (tertiary/aromatic N) is 4. The Morgan fingerprint density at radius 3 is 2.23 bits per heavy atom. The van der Waals surface area contributed by atoms with Crippen LogP contribution in [0.5, 0.6) is 0 Å². The molecule has 26 heavy (non-hydrogen) atoms. The minimum atomic E-state index is 0.227. The number of aryl methyl sites for hydroxylation is 2. The summed E-state index contributed by atoms with van der Waals surface area (Å²) < 4.78 is 0. The van der Waals surface area contributed by atoms with Gasteiger partial charge in [0.05, 0.1) is 0 Å². The number of carbonyl (C=O) groups excluding carboxylic acids is 1. The minimum absolute atomic E-state index is 0.227. The van der Waals surface area contributed by atoms with Crippen LogP contribution in [0.15, 0.2) is 35.5 Å². The van der Waals surface area contributed by atoms with Crippen LogP contribution in [0.1, 0.15) is 23.4 Å². The maximum Gasteiger partial charge on any atom is 0.223 e. The Morgan fingerprint density at radius 2 is 1.65 bits per heavy atom. The van der Waals surface area contributed by atoms with Crippen molar-refractivity contribution in [1.82, 2.24) is 14.9 Å². The number of piperazine rings is 1. The number of amides is 1. The first-order valence-corrected chi connectivity index (χ1v) is 10.3. The van der Waals surface area contributed by atoms with Crippen molar-refractivity contribution < 1.29 is 4.79 Å². The topological polar surface area (TPSA) is 49.3 Å². The first-order valence-electron chi connectivity index (χ1n) is 9.04. The van der Waals surface area contributed by atoms with Crippen LogP contribution in [0, 0.1) is 13.8 Å². The second-order valence-corrected chi connectivity index (χ2v) is 7.34. The van der Waals surface area contributed by atoms with E-state index in [2.05, 4.69) is 39.1 Å². The van der Waals surface area contributed by atoms with Crippen LogP contribution in [0.2, 0.25) is 0 Å². The highest BCUT2D eigenvalue weighted by atomic mass is 32.2. The highest BCUT2D eigenvalue weighted by Crippen LogP contribution is 2.19. The van der Waals surface area contributed by atoms with E-state index >= 15 is 0 Å². The smallest absolute Gasteiger partial charge is 0.223 e. The van der Waals surface area contributed by atoms with E-state index < -0.39 is 0 Å². The van der Waals surface area contributed by atoms with Gasteiger partial charge < -0.3 is 9.80 Å². The summed E-state index contributed by atoms with van der Waals surface area (Å²) in [6, 6.07) is 10.4. The molecule has 6 heteroatoms. The summed E-state index contributed by atoms with van der Waals surface area (Å²) >= 11 is 1.55. The third kappa shape index (κ3) is 4.36. The van der Waals surface area contributed by atoms with Crippen LogP contribution in [0.3, 0.4) is 0 Å². The lowest BCUT2D eigenvalue weighted by Crippen LogP contribution is -2.48. The highest BCUT2D eigenvalue weighted by molar-refractivity contribution is 7.98. The zero-order valence-corrected chi connectivity index (χ0v) is 16.6. The second kappa shape index (κ2) is 8.54. The van der Waals surface area contributed by atoms with E-state index in [1.54, 1.807) is 11.8 Å². The lowest BCUT2D eigenvalue weighted by molar-refractivity contribution is -0.131. The van der Waals surface area contributed by atoms with Crippen molar-refractivity contribution in [3.05, 3.63) is 47.3 Å². The van der Waals surface area contributed by atoms with Gasteiger partial charge in [-0.3, -0.25) is 4.79 Å². The Labute approximate surface area is 159 Å². The van der Waals surface area contributed by atoms with Gasteiger partial charge >= 0.3 is 0 Å². The number of rotatable bonds is 5. The summed E-state index contributed by atoms with van der Waals surface area (Å²) in [6.45, 7) is 7.36. The summed E-state index contributed by atoms with van der Waals surface area (Å²) in [5.74, 6) is 0.227. The molecule has 1 aliphatic rings. The predicted molar refractivity (Wildman–Crippen MR) is 107 cm³/mol. The Morgan fingerprint density at radius 1 is 1.04 bits per heavy atom. The van der Waals surface area contributed by atoms with Crippen LogP contribution in [-0.4, -0.2) is 53.2 Å². The molecule has 0 N–H and O–H groups in total. The first kappa shape index (κ1) is 18.7. The molecule has 0 atom stereocenters. The lowest BCUT2D eigenvalue weighted by atomic mass is 10.1. The van der Waals surface area contributed by atoms with Crippen molar-refractivity contribution in [3.8, 4) is 0 Å². The molecule has 0 unspecified atom stereocenters. The van der Waals surface area contributed by atoms with Gasteiger partial charge in [0.25, 0.3) is 0 Å². The van der Waals surface area contributed by atoms with E-state index in [-0.39, 0.29) is 5.91 Å². The van der Waals surface area contributed by atoms with Gasteiger partial charge in [-0.05, 0) is 44.2 Å². The molecular weight excluding hydrogens is 344 g/mol. The quantitative estimate of drug-likeness (QED) is 0.598. The zero-order valence-electron chi connectivity index (χ0n) is 15.7. The average Bonchev–Trinajstić information content (AvgIpc) is 2.67. The van der Waals surface area contributed by atoms with Gasteiger partial charge in [-0.2, -0.15) is 0 Å². The summed E-state index contributed by atoms with van der Waals surface area (Å²) in [5, 5.41) is 0.798. The van der Waals surface area contributed by atoms with Crippen LogP contribution in [0.25, 0.3) is 0 Å². The Bertz CT molecular complexity index is 735. The molecule has 5 nitrogen and oxygen atoms in total. The summed E-state index contributed by atoms with van der Waals surface area (Å²) in [7, 11) is 0. The van der Waals surface area contributed by atoms with Crippen molar-refractivity contribution in [3.63, 3.8) is 0 Å². The minimum Gasteiger partial charge on any atom is -0.368 e. The molecular formula is C20H26N4OS. The molecule has 0 aliphatic carbocycles. The first-order chi connectivity index (χ1) is 12.6. The zero-order chi connectivity index (χ0) is 18.5. The van der Waals surface area contributed by atoms with E-state index in [0.29, 0.717) is 12.8 Å². The number of hydrogen-bond acceptors (Lipinski definition) is 5. The normalized spacial score (nSPS) is 14.6. The molecule has 1 amide bonds. The van der Waals surface area contributed by atoms with Crippen molar-refractivity contribution in [2.45, 2.75) is 31.8 Å². The Hall–Kier alpha value is -2.08. The van der Waals surface area contributed by atoms with Crippen molar-refractivity contribution >= 4 is 23.4 Å². The Balaban J connectivity index is 1.54. The molecule has 1 aliphatic heterocycles. The van der Waals surface area contributed by atoms with Crippen molar-refractivity contribution in [1.29, 1.82) is 0 Å². The fourth-order valence-corrected chi connectivity index (χ4v) is 3.86. The third-order valence-corrected chi connectivity index (χ3v) is 5.47. The van der Waals surface area contributed by atoms with Gasteiger partial charge in [0, 0.05) is 49.7 Å². The van der Waals surface area contributed by atoms with Gasteiger partial charge in [0.2, 0.25) is 5.91 Å². The molecule has 1 aromatic carbocycles. The highest BCUT2D eigenvalue weighted by Gasteiger charge is 2.21. The van der Waals surface area contributed by atoms with Crippen LogP contribution in [-0.2, 0) is 11.2 Å². The third-order valence-electron chi connectivity index (χ3n) is 4.93. The summed E-state index contributed by atoms with van der Waals surface area (Å²) in [5.41, 5.74) is 4.32. The van der Waals surface area contributed by atoms with Crippen LogP contribution in [0.4, 0.5) is 5.69 Å². The van der Waals surface area contributed by atoms with Gasteiger partial charge in [-0.25, -0.2) is 9.97 Å². The maximum absolute atomic E-state index is 12.6. The predicted octanol–water partition coefficient (Wildman–Crippen LogP) is 3.10. The van der Waals surface area contributed by atoms with E-state index in [1.165, 1.54) is 5.69 Å². The van der Waals surface area contributed by atoms with Gasteiger partial charge in [-0.1, -0.05) is 30.0 Å². The largest absolute Gasteiger partial charge is 0.368 e. The number of aromatic nitrogens is 2. The molecule has 0 saturated carbocycles. The molecule has 2 aromatic rings. The van der Waals surface area contributed by atoms with Crippen LogP contribution < -0.4 is 4.90 Å². The molecule has 2 heterocycles. The number of para-hydroxylation sites is 1. The van der Waals surface area contributed by atoms with Crippen LogP contribution >= 0.6 is 11.8 Å². The summed E-state index contributed by atoms with van der Waals surface area (Å²) in [6.07, 6.45) is 3.21. The number of anilines is 1. The second-order valence-electron chi connectivity index (χ2n) is 6.56. The molecule has 1 aromatic heterocycles. The van der Waals surface area contributed by atoms with Gasteiger partial charge in [0.1, 0.15) is 0 Å². The van der Waals surface area contributed by atoms with Gasteiger partial charge in [0.15, 0.2) is 5.16 Å². The molecule has 1 saturated heterocycles. The fraction of sp³-hybridized carbons (Fsp3) is 0.450. The SMILES string of the molecule is CSc1nc(C)c(CCC(=O)N2CCN(c3ccccc3)CC2)c(C)n1. The van der Waals surface area contributed by atoms with Crippen molar-refractivity contribution in [2.24, 2.45) is 0 Å². The number of thioether (sulfide) groups is 1. The molecule has 0 bridgehead atoms. The lowest BCUT2D eigenvalue weighted by Gasteiger charge is -2.36. The Kier molecular flexibility index (Phi) is 6.14. The van der Waals surface area contributed by atoms with E-state index in [9.17, 15) is 4.79 Å². The summed E-state index contributed by atoms with van der Waals surface area (Å²) in [4.78, 5) is 26.0. The van der Waals surface area contributed by atoms with Crippen molar-refractivity contribution in [2.75, 3.05) is 37.3 Å². The molecule has 0 radical (unpaired) electrons. The average molecular weight is 371 g/mol. The maximum atomic E-state index is 12.6. The molecule has 1 fully saturated rings. The number of hydrogen-bond donors (Lipinski definition) is 0. The molecule has 138 valence electrons. The number of carbonyl (C=O) groups is 1. The van der Waals surface area contributed by atoms with Gasteiger partial charge in [-0.15, -0.1) is 0 Å².